The summed E-state index contributed by atoms with van der Waals surface area (Å²) in [6.45, 7) is 2.31. The summed E-state index contributed by atoms with van der Waals surface area (Å²) in [5.41, 5.74) is 3.15. The van der Waals surface area contributed by atoms with Gasteiger partial charge in [-0.05, 0) is 53.2 Å². The lowest BCUT2D eigenvalue weighted by atomic mass is 9.79. The number of carboxylic acids is 1. The summed E-state index contributed by atoms with van der Waals surface area (Å²) in [7, 11) is -1.84. The van der Waals surface area contributed by atoms with E-state index < -0.39 is 32.8 Å². The molecule has 168 valence electrons. The Bertz CT molecular complexity index is 967. The Labute approximate surface area is 184 Å². The van der Waals surface area contributed by atoms with Gasteiger partial charge in [-0.15, -0.1) is 0 Å². The Balaban J connectivity index is 0.000000182. The van der Waals surface area contributed by atoms with Crippen molar-refractivity contribution in [1.82, 2.24) is 0 Å². The minimum atomic E-state index is -1.03. The van der Waals surface area contributed by atoms with Crippen molar-refractivity contribution in [1.29, 1.82) is 0 Å². The highest BCUT2D eigenvalue weighted by Crippen LogP contribution is 2.17. The van der Waals surface area contributed by atoms with E-state index in [0.717, 1.165) is 11.1 Å². The summed E-state index contributed by atoms with van der Waals surface area (Å²) in [5, 5.41) is 27.3. The van der Waals surface area contributed by atoms with E-state index in [2.05, 4.69) is 0 Å². The molecule has 0 spiro atoms. The lowest BCUT2D eigenvalue weighted by molar-refractivity contribution is -0.145. The summed E-state index contributed by atoms with van der Waals surface area (Å²) in [6.07, 6.45) is 0. The van der Waals surface area contributed by atoms with Crippen molar-refractivity contribution in [2.75, 3.05) is 19.8 Å². The molecule has 2 aliphatic heterocycles. The van der Waals surface area contributed by atoms with E-state index in [1.165, 1.54) is 0 Å². The zero-order chi connectivity index (χ0) is 23.1. The van der Waals surface area contributed by atoms with Gasteiger partial charge in [0.15, 0.2) is 13.2 Å². The third-order valence-electron chi connectivity index (χ3n) is 4.58. The quantitative estimate of drug-likeness (QED) is 0.368. The molecule has 3 N–H and O–H groups in total. The van der Waals surface area contributed by atoms with E-state index in [1.807, 2.05) is 6.07 Å². The molecule has 2 aromatic rings. The molecular weight excluding hydrogens is 422 g/mol. The van der Waals surface area contributed by atoms with E-state index in [0.29, 0.717) is 42.2 Å². The summed E-state index contributed by atoms with van der Waals surface area (Å²) in [5.74, 6) is -0.515. The van der Waals surface area contributed by atoms with Gasteiger partial charge in [-0.25, -0.2) is 9.59 Å². The van der Waals surface area contributed by atoms with Crippen LogP contribution in [0.2, 0.25) is 0 Å². The third kappa shape index (κ3) is 6.24. The molecule has 0 saturated heterocycles. The van der Waals surface area contributed by atoms with Crippen LogP contribution < -0.4 is 20.4 Å². The van der Waals surface area contributed by atoms with Crippen molar-refractivity contribution in [3.8, 4) is 11.5 Å². The molecule has 0 bridgehead atoms. The molecule has 4 rings (SSSR count). The molecule has 0 unspecified atom stereocenters. The molecule has 0 amide bonds. The first-order chi connectivity index (χ1) is 15.4. The van der Waals surface area contributed by atoms with Crippen LogP contribution >= 0.6 is 0 Å². The summed E-state index contributed by atoms with van der Waals surface area (Å²) in [4.78, 5) is 21.4. The first-order valence-electron chi connectivity index (χ1n) is 9.85. The van der Waals surface area contributed by atoms with Gasteiger partial charge >= 0.3 is 26.2 Å². The first kappa shape index (κ1) is 23.6. The summed E-state index contributed by atoms with van der Waals surface area (Å²) < 4.78 is 25.0. The SMILES string of the molecule is CCOC(=O)COc1ccc2c(c1)B(O)OC2.O=C(O)COc1ccc2c(c1)B(O)OC2. The maximum atomic E-state index is 11.1. The number of carboxylic acid groups (broad SMARTS) is 1. The molecule has 10 nitrogen and oxygen atoms in total. The molecule has 2 aliphatic rings. The van der Waals surface area contributed by atoms with Gasteiger partial charge in [0.1, 0.15) is 11.5 Å². The van der Waals surface area contributed by atoms with Crippen LogP contribution in [0, 0.1) is 0 Å². The van der Waals surface area contributed by atoms with Crippen LogP contribution in [-0.2, 0) is 36.8 Å². The van der Waals surface area contributed by atoms with Gasteiger partial charge in [0.2, 0.25) is 0 Å². The fourth-order valence-electron chi connectivity index (χ4n) is 3.06. The van der Waals surface area contributed by atoms with Crippen LogP contribution in [0.5, 0.6) is 11.5 Å². The van der Waals surface area contributed by atoms with Crippen LogP contribution in [0.25, 0.3) is 0 Å². The van der Waals surface area contributed by atoms with Gasteiger partial charge in [0.05, 0.1) is 19.8 Å². The summed E-state index contributed by atoms with van der Waals surface area (Å²) in [6, 6.07) is 10.2. The van der Waals surface area contributed by atoms with Crippen molar-refractivity contribution in [2.45, 2.75) is 20.1 Å². The minimum absolute atomic E-state index is 0.135. The maximum absolute atomic E-state index is 11.1. The second kappa shape index (κ2) is 11.0. The van der Waals surface area contributed by atoms with Gasteiger partial charge in [-0.2, -0.15) is 0 Å². The van der Waals surface area contributed by atoms with Crippen LogP contribution in [0.15, 0.2) is 36.4 Å². The summed E-state index contributed by atoms with van der Waals surface area (Å²) >= 11 is 0. The Morgan fingerprint density at radius 3 is 1.88 bits per heavy atom. The number of hydrogen-bond donors (Lipinski definition) is 3. The number of carbonyl (C=O) groups excluding carboxylic acids is 1. The molecule has 0 saturated carbocycles. The molecule has 2 aromatic carbocycles. The highest BCUT2D eigenvalue weighted by atomic mass is 16.6. The van der Waals surface area contributed by atoms with Gasteiger partial charge in [-0.1, -0.05) is 12.1 Å². The van der Waals surface area contributed by atoms with E-state index in [4.69, 9.17) is 28.6 Å². The van der Waals surface area contributed by atoms with E-state index in [-0.39, 0.29) is 6.61 Å². The van der Waals surface area contributed by atoms with Gasteiger partial charge in [-0.3, -0.25) is 0 Å². The molecular formula is C20H22B2O10. The van der Waals surface area contributed by atoms with Crippen molar-refractivity contribution < 1.29 is 48.3 Å². The number of hydrogen-bond acceptors (Lipinski definition) is 9. The number of ether oxygens (including phenoxy) is 3. The van der Waals surface area contributed by atoms with Crippen LogP contribution in [-0.4, -0.2) is 61.2 Å². The van der Waals surface area contributed by atoms with Gasteiger partial charge in [0.25, 0.3) is 0 Å². The zero-order valence-electron chi connectivity index (χ0n) is 17.4. The van der Waals surface area contributed by atoms with Crippen molar-refractivity contribution in [2.24, 2.45) is 0 Å². The zero-order valence-corrected chi connectivity index (χ0v) is 17.4. The number of benzene rings is 2. The molecule has 0 radical (unpaired) electrons. The fourth-order valence-corrected chi connectivity index (χ4v) is 3.06. The molecule has 2 heterocycles. The largest absolute Gasteiger partial charge is 0.491 e. The minimum Gasteiger partial charge on any atom is -0.482 e. The standard InChI is InChI=1S/C11H13BO5.C9H9BO5/c1-2-15-11(13)7-16-9-4-3-8-6-17-12(14)10(8)5-9;11-9(12)5-14-7-2-1-6-4-15-10(13)8(6)3-7/h3-5,14H,2,6-7H2,1H3;1-3,13H,4-5H2,(H,11,12). The van der Waals surface area contributed by atoms with Gasteiger partial charge < -0.3 is 38.7 Å². The molecule has 0 aromatic heterocycles. The smallest absolute Gasteiger partial charge is 0.482 e. The number of aliphatic carboxylic acids is 1. The fraction of sp³-hybridized carbons (Fsp3) is 0.300. The lowest BCUT2D eigenvalue weighted by Gasteiger charge is -2.07. The lowest BCUT2D eigenvalue weighted by Crippen LogP contribution is -2.28. The van der Waals surface area contributed by atoms with E-state index in [1.54, 1.807) is 37.3 Å². The number of esters is 1. The Morgan fingerprint density at radius 2 is 1.41 bits per heavy atom. The Kier molecular flexibility index (Phi) is 8.12. The van der Waals surface area contributed by atoms with Crippen molar-refractivity contribution in [3.05, 3.63) is 47.5 Å². The molecule has 32 heavy (non-hydrogen) atoms. The van der Waals surface area contributed by atoms with E-state index >= 15 is 0 Å². The molecule has 0 fully saturated rings. The Hall–Kier alpha value is -3.05. The second-order valence-electron chi connectivity index (χ2n) is 6.82. The third-order valence-corrected chi connectivity index (χ3v) is 4.58. The van der Waals surface area contributed by atoms with Crippen molar-refractivity contribution in [3.63, 3.8) is 0 Å². The van der Waals surface area contributed by atoms with Gasteiger partial charge in [0, 0.05) is 0 Å². The Morgan fingerprint density at radius 1 is 0.906 bits per heavy atom. The monoisotopic (exact) mass is 444 g/mol. The average Bonchev–Trinajstić information content (AvgIpc) is 3.34. The first-order valence-corrected chi connectivity index (χ1v) is 9.85. The van der Waals surface area contributed by atoms with Crippen molar-refractivity contribution >= 4 is 37.1 Å². The normalized spacial score (nSPS) is 13.6. The predicted molar refractivity (Wildman–Crippen MR) is 113 cm³/mol. The van der Waals surface area contributed by atoms with Crippen LogP contribution in [0.4, 0.5) is 0 Å². The highest BCUT2D eigenvalue weighted by Gasteiger charge is 2.28. The molecule has 0 aliphatic carbocycles. The predicted octanol–water partition coefficient (Wildman–Crippen LogP) is -0.786. The highest BCUT2D eigenvalue weighted by molar-refractivity contribution is 6.62. The number of carbonyl (C=O) groups is 2. The van der Waals surface area contributed by atoms with Crippen LogP contribution in [0.3, 0.4) is 0 Å². The topological polar surface area (TPSA) is 141 Å². The molecule has 12 heteroatoms. The van der Waals surface area contributed by atoms with E-state index in [9.17, 15) is 19.6 Å². The second-order valence-corrected chi connectivity index (χ2v) is 6.82. The van der Waals surface area contributed by atoms with Crippen LogP contribution in [0.1, 0.15) is 18.1 Å². The maximum Gasteiger partial charge on any atom is 0.491 e. The molecule has 0 atom stereocenters. The number of fused-ring (bicyclic) bond motifs is 2. The number of rotatable bonds is 7. The average molecular weight is 444 g/mol.